The van der Waals surface area contributed by atoms with Crippen LogP contribution in [0.3, 0.4) is 0 Å². The number of benzene rings is 5. The highest BCUT2D eigenvalue weighted by Gasteiger charge is 2.19. The van der Waals surface area contributed by atoms with Gasteiger partial charge in [0.1, 0.15) is 11.2 Å². The second kappa shape index (κ2) is 17.8. The molecule has 0 bridgehead atoms. The number of hydrogen-bond donors (Lipinski definition) is 0. The first kappa shape index (κ1) is 26.2. The van der Waals surface area contributed by atoms with Gasteiger partial charge in [0.2, 0.25) is 0 Å². The van der Waals surface area contributed by atoms with Crippen molar-refractivity contribution in [1.82, 2.24) is 15.0 Å². The molecule has 5 nitrogen and oxygen atoms in total. The van der Waals surface area contributed by atoms with Gasteiger partial charge in [-0.25, -0.2) is 4.85 Å². The lowest BCUT2D eigenvalue weighted by Gasteiger charge is -2.21. The van der Waals surface area contributed by atoms with Crippen molar-refractivity contribution in [3.63, 3.8) is 0 Å². The molecule has 0 spiro atoms. The highest BCUT2D eigenvalue weighted by atomic mass is 16.3. The van der Waals surface area contributed by atoms with Crippen LogP contribution in [0.1, 0.15) is 80.3 Å². The van der Waals surface area contributed by atoms with E-state index < -0.39 is 72.3 Å². The number of aryl methyl sites for hydroxylation is 6. The zero-order chi connectivity index (χ0) is 55.9. The number of hydrogen-bond acceptors (Lipinski definition) is 4. The molecular weight excluding hydrogens is 757 g/mol. The minimum Gasteiger partial charge on any atom is -0.457 e. The maximum atomic E-state index is 9.80. The van der Waals surface area contributed by atoms with Gasteiger partial charge in [0.05, 0.1) is 23.7 Å². The van der Waals surface area contributed by atoms with E-state index in [1.807, 2.05) is 12.1 Å². The van der Waals surface area contributed by atoms with E-state index in [1.54, 1.807) is 93.6 Å². The molecule has 9 aromatic rings. The highest BCUT2D eigenvalue weighted by molar-refractivity contribution is 6.14. The third-order valence-corrected chi connectivity index (χ3v) is 9.88. The SMILES string of the molecule is [2H]c1ccc2oc3c(-c4cc(C([2H])([2H])C(C)(C)C)c(C([2H])([2H])C([2H])([2H])c5cc(C([2H])([2H])C([2H])([2H])c6ccc(-c7ccccc7)nc6)cc(C([2H])([2H])C([2H])([2H])c6ccc(-c7ccccc7)nc6)c5)cn4)cccc3c2c1[N+]#[C-]. The second-order valence-corrected chi connectivity index (χ2v) is 15.6. The third kappa shape index (κ3) is 9.26. The summed E-state index contributed by atoms with van der Waals surface area (Å²) < 4.78 is 148. The predicted octanol–water partition coefficient (Wildman–Crippen LogP) is 14.3. The maximum Gasteiger partial charge on any atom is 0.198 e. The molecule has 4 aromatic heterocycles. The Balaban J connectivity index is 1.21. The van der Waals surface area contributed by atoms with E-state index in [0.29, 0.717) is 44.4 Å². The zero-order valence-electron chi connectivity index (χ0n) is 49.2. The molecule has 62 heavy (non-hydrogen) atoms. The number of pyridine rings is 3. The Hall–Kier alpha value is -7.16. The Labute approximate surface area is 386 Å². The first-order valence-corrected chi connectivity index (χ1v) is 20.0. The van der Waals surface area contributed by atoms with E-state index in [9.17, 15) is 19.2 Å². The van der Waals surface area contributed by atoms with Crippen LogP contribution < -0.4 is 0 Å². The molecule has 0 unspecified atom stereocenters. The van der Waals surface area contributed by atoms with Crippen molar-refractivity contribution in [2.75, 3.05) is 0 Å². The van der Waals surface area contributed by atoms with Crippen LogP contribution in [0.5, 0.6) is 0 Å². The van der Waals surface area contributed by atoms with E-state index in [4.69, 9.17) is 12.4 Å². The van der Waals surface area contributed by atoms with Gasteiger partial charge in [0.25, 0.3) is 0 Å². The standard InChI is InChI=1S/C57H50N4O/c1-57(2,3)35-47-34-53(48-17-11-18-49-55-52(58-4)19-12-20-54(55)62-56(48)49)61-38-46(47)28-25-43-32-41(23-21-39-26-29-50(59-36-39)44-13-7-5-8-14-44)31-42(33-43)24-22-40-27-30-51(60-37-40)45-15-9-6-10-16-45/h5-20,26-27,29-34,36-38H,21-25,28,35H2,1-3H3/i19D,21D2,22D2,23D2,24D2,25D2,28D2,35D2. The van der Waals surface area contributed by atoms with E-state index in [0.717, 1.165) is 24.4 Å². The Morgan fingerprint density at radius 3 is 1.68 bits per heavy atom. The Morgan fingerprint density at radius 2 is 1.13 bits per heavy atom. The molecule has 0 fully saturated rings. The van der Waals surface area contributed by atoms with E-state index in [2.05, 4.69) is 19.8 Å². The fourth-order valence-electron chi connectivity index (χ4n) is 7.03. The summed E-state index contributed by atoms with van der Waals surface area (Å²) >= 11 is 0. The predicted molar refractivity (Wildman–Crippen MR) is 254 cm³/mol. The Kier molecular flexibility index (Phi) is 7.54. The molecular formula is C57H50N4O. The first-order chi connectivity index (χ1) is 36.0. The first-order valence-electron chi connectivity index (χ1n) is 27.5. The second-order valence-electron chi connectivity index (χ2n) is 15.6. The molecule has 0 saturated carbocycles. The van der Waals surface area contributed by atoms with Crippen LogP contribution in [0, 0.1) is 12.0 Å². The van der Waals surface area contributed by atoms with Crippen LogP contribution in [-0.4, -0.2) is 15.0 Å². The van der Waals surface area contributed by atoms with Crippen molar-refractivity contribution in [2.24, 2.45) is 5.41 Å². The fourth-order valence-corrected chi connectivity index (χ4v) is 7.03. The lowest BCUT2D eigenvalue weighted by molar-refractivity contribution is 0.409. The van der Waals surface area contributed by atoms with Gasteiger partial charge in [0.15, 0.2) is 5.69 Å². The Morgan fingerprint density at radius 1 is 0.565 bits per heavy atom. The largest absolute Gasteiger partial charge is 0.457 e. The molecule has 0 aliphatic rings. The molecule has 304 valence electrons. The summed E-state index contributed by atoms with van der Waals surface area (Å²) in [4.78, 5) is 17.0. The monoisotopic (exact) mass is 821 g/mol. The number of rotatable bonds is 13. The van der Waals surface area contributed by atoms with Crippen LogP contribution in [-0.2, 0) is 44.6 Å². The van der Waals surface area contributed by atoms with E-state index in [1.165, 1.54) is 48.8 Å². The molecule has 9 rings (SSSR count). The smallest absolute Gasteiger partial charge is 0.198 e. The number of fused-ring (bicyclic) bond motifs is 3. The number of furan rings is 1. The molecule has 0 aliphatic carbocycles. The molecule has 4 heterocycles. The third-order valence-electron chi connectivity index (χ3n) is 9.88. The van der Waals surface area contributed by atoms with Gasteiger partial charge in [-0.1, -0.05) is 136 Å². The van der Waals surface area contributed by atoms with Crippen molar-refractivity contribution in [3.05, 3.63) is 215 Å². The summed E-state index contributed by atoms with van der Waals surface area (Å²) in [6, 6.07) is 35.8. The minimum absolute atomic E-state index is 0.0140. The molecule has 5 heteroatoms. The molecule has 5 aromatic carbocycles. The summed E-state index contributed by atoms with van der Waals surface area (Å²) in [5.74, 6) is 0. The van der Waals surface area contributed by atoms with Gasteiger partial charge in [-0.15, -0.1) is 0 Å². The topological polar surface area (TPSA) is 56.2 Å². The van der Waals surface area contributed by atoms with Crippen molar-refractivity contribution in [3.8, 4) is 33.8 Å². The van der Waals surface area contributed by atoms with Gasteiger partial charge in [0, 0.05) is 66.6 Å². The van der Waals surface area contributed by atoms with Crippen LogP contribution in [0.15, 0.2) is 169 Å². The van der Waals surface area contributed by atoms with Gasteiger partial charge in [-0.05, 0) is 119 Å². The minimum atomic E-state index is -3.37. The lowest BCUT2D eigenvalue weighted by Crippen LogP contribution is -2.12. The number of nitrogens with zero attached hydrogens (tertiary/aromatic N) is 4. The summed E-state index contributed by atoms with van der Waals surface area (Å²) in [7, 11) is 0. The average molecular weight is 822 g/mol. The molecule has 0 amide bonds. The normalized spacial score (nSPS) is 16.8. The van der Waals surface area contributed by atoms with Crippen molar-refractivity contribution < 1.29 is 25.0 Å². The van der Waals surface area contributed by atoms with Crippen molar-refractivity contribution >= 4 is 27.6 Å². The summed E-state index contributed by atoms with van der Waals surface area (Å²) in [6.45, 7) is 12.5. The van der Waals surface area contributed by atoms with Gasteiger partial charge >= 0.3 is 0 Å². The molecule has 0 atom stereocenters. The highest BCUT2D eigenvalue weighted by Crippen LogP contribution is 2.40. The van der Waals surface area contributed by atoms with Gasteiger partial charge in [-0.3, -0.25) is 15.0 Å². The fraction of sp³-hybridized carbons (Fsp3) is 0.193. The number of aromatic nitrogens is 3. The summed E-state index contributed by atoms with van der Waals surface area (Å²) in [6.07, 6.45) is -18.1. The van der Waals surface area contributed by atoms with Gasteiger partial charge in [-0.2, -0.15) is 0 Å². The summed E-state index contributed by atoms with van der Waals surface area (Å²) in [5, 5.41) is 0.864. The van der Waals surface area contributed by atoms with Crippen LogP contribution in [0.4, 0.5) is 5.69 Å². The van der Waals surface area contributed by atoms with Crippen LogP contribution in [0.2, 0.25) is 0 Å². The van der Waals surface area contributed by atoms with Gasteiger partial charge < -0.3 is 4.42 Å². The zero-order valence-corrected chi connectivity index (χ0v) is 34.2. The molecule has 0 saturated heterocycles. The Bertz CT molecular complexity index is 3610. The summed E-state index contributed by atoms with van der Waals surface area (Å²) in [5.41, 5.74) is -1.25. The quantitative estimate of drug-likeness (QED) is 0.109. The van der Waals surface area contributed by atoms with E-state index in [-0.39, 0.29) is 39.7 Å². The molecule has 0 N–H and O–H groups in total. The van der Waals surface area contributed by atoms with E-state index >= 15 is 0 Å². The lowest BCUT2D eigenvalue weighted by atomic mass is 9.85. The van der Waals surface area contributed by atoms with Crippen LogP contribution >= 0.6 is 0 Å². The number of para-hydroxylation sites is 1. The van der Waals surface area contributed by atoms with Crippen molar-refractivity contribution in [2.45, 2.75) is 65.4 Å². The molecule has 0 radical (unpaired) electrons. The maximum absolute atomic E-state index is 9.80. The van der Waals surface area contributed by atoms with Crippen molar-refractivity contribution in [1.29, 1.82) is 0 Å². The average Bonchev–Trinajstić information content (AvgIpc) is 3.79. The van der Waals surface area contributed by atoms with Crippen LogP contribution in [0.25, 0.3) is 60.6 Å². The molecule has 0 aliphatic heterocycles.